The molecule has 2 aliphatic heterocycles. The largest absolute Gasteiger partial charge is 0.359 e. The van der Waals surface area contributed by atoms with Gasteiger partial charge in [0.05, 0.1) is 11.2 Å². The Bertz CT molecular complexity index is 1210. The minimum atomic E-state index is -0.0661. The van der Waals surface area contributed by atoms with Crippen LogP contribution in [0.1, 0.15) is 83.6 Å². The molecule has 1 saturated heterocycles. The second-order valence-electron chi connectivity index (χ2n) is 12.5. The molecule has 3 aliphatic carbocycles. The van der Waals surface area contributed by atoms with Crippen LogP contribution in [0, 0.1) is 11.3 Å². The van der Waals surface area contributed by atoms with Gasteiger partial charge in [0.2, 0.25) is 0 Å². The molecule has 178 valence electrons. The molecule has 1 N–H and O–H groups in total. The predicted molar refractivity (Wildman–Crippen MR) is 138 cm³/mol. The maximum atomic E-state index is 7.44. The molecule has 1 aromatic heterocycles. The summed E-state index contributed by atoms with van der Waals surface area (Å²) in [6.45, 7) is 7.12. The summed E-state index contributed by atoms with van der Waals surface area (Å²) >= 11 is 0. The Balaban J connectivity index is 1.25. The summed E-state index contributed by atoms with van der Waals surface area (Å²) in [6, 6.07) is 10.3. The third-order valence-electron chi connectivity index (χ3n) is 10.3. The molecule has 3 heterocycles. The molecule has 3 nitrogen and oxygen atoms in total. The zero-order valence-electron chi connectivity index (χ0n) is 20.9. The first-order valence-electron chi connectivity index (χ1n) is 13.6. The van der Waals surface area contributed by atoms with Gasteiger partial charge in [0.15, 0.2) is 0 Å². The maximum absolute atomic E-state index is 7.44. The molecule has 2 saturated carbocycles. The van der Waals surface area contributed by atoms with Crippen molar-refractivity contribution in [3.63, 3.8) is 0 Å². The van der Waals surface area contributed by atoms with E-state index in [1.807, 2.05) is 12.4 Å². The minimum absolute atomic E-state index is 0.0207. The molecule has 0 amide bonds. The Morgan fingerprint density at radius 2 is 2.00 bits per heavy atom. The van der Waals surface area contributed by atoms with Crippen LogP contribution < -0.4 is 5.32 Å². The molecule has 34 heavy (non-hydrogen) atoms. The van der Waals surface area contributed by atoms with Crippen LogP contribution in [0.25, 0.3) is 10.8 Å². The number of fused-ring (bicyclic) bond motifs is 2. The molecule has 0 radical (unpaired) electrons. The zero-order chi connectivity index (χ0) is 23.1. The number of benzene rings is 1. The van der Waals surface area contributed by atoms with Crippen LogP contribution in [-0.2, 0) is 4.74 Å². The first-order chi connectivity index (χ1) is 16.4. The van der Waals surface area contributed by atoms with E-state index in [2.05, 4.69) is 67.5 Å². The summed E-state index contributed by atoms with van der Waals surface area (Å²) in [6.07, 6.45) is 18.8. The lowest BCUT2D eigenvalue weighted by Crippen LogP contribution is -2.55. The van der Waals surface area contributed by atoms with E-state index in [1.54, 1.807) is 5.57 Å². The fourth-order valence-corrected chi connectivity index (χ4v) is 8.89. The molecule has 6 atom stereocenters. The molecule has 5 aliphatic rings. The van der Waals surface area contributed by atoms with Crippen molar-refractivity contribution in [3.05, 3.63) is 65.5 Å². The third-order valence-corrected chi connectivity index (χ3v) is 10.3. The average molecular weight is 455 g/mol. The predicted octanol–water partition coefficient (Wildman–Crippen LogP) is 6.84. The monoisotopic (exact) mass is 454 g/mol. The second-order valence-corrected chi connectivity index (χ2v) is 12.5. The van der Waals surface area contributed by atoms with E-state index < -0.39 is 0 Å². The highest BCUT2D eigenvalue weighted by atomic mass is 16.5. The number of hydrogen-bond acceptors (Lipinski definition) is 3. The summed E-state index contributed by atoms with van der Waals surface area (Å²) < 4.78 is 7.44. The van der Waals surface area contributed by atoms with Gasteiger partial charge in [0.25, 0.3) is 0 Å². The maximum Gasteiger partial charge on any atom is 0.0974 e. The Morgan fingerprint density at radius 1 is 1.09 bits per heavy atom. The minimum Gasteiger partial charge on any atom is -0.359 e. The lowest BCUT2D eigenvalue weighted by molar-refractivity contribution is -0.136. The van der Waals surface area contributed by atoms with E-state index in [0.717, 1.165) is 6.42 Å². The number of nitrogens with zero attached hydrogens (tertiary/aromatic N) is 1. The van der Waals surface area contributed by atoms with Crippen LogP contribution in [-0.4, -0.2) is 28.3 Å². The summed E-state index contributed by atoms with van der Waals surface area (Å²) in [5, 5.41) is 6.39. The number of hydrogen-bond donors (Lipinski definition) is 1. The van der Waals surface area contributed by atoms with Gasteiger partial charge in [-0.05, 0) is 103 Å². The smallest absolute Gasteiger partial charge is 0.0974 e. The summed E-state index contributed by atoms with van der Waals surface area (Å²) in [7, 11) is 0. The zero-order valence-corrected chi connectivity index (χ0v) is 20.9. The van der Waals surface area contributed by atoms with Crippen molar-refractivity contribution in [2.24, 2.45) is 11.3 Å². The Kier molecular flexibility index (Phi) is 4.56. The molecular weight excluding hydrogens is 416 g/mol. The van der Waals surface area contributed by atoms with Crippen molar-refractivity contribution < 1.29 is 4.74 Å². The van der Waals surface area contributed by atoms with Crippen molar-refractivity contribution in [2.75, 3.05) is 0 Å². The van der Waals surface area contributed by atoms with Gasteiger partial charge < -0.3 is 10.1 Å². The first kappa shape index (κ1) is 21.3. The van der Waals surface area contributed by atoms with Gasteiger partial charge in [-0.25, -0.2) is 0 Å². The second kappa shape index (κ2) is 7.27. The Labute approximate surface area is 204 Å². The number of pyridine rings is 1. The topological polar surface area (TPSA) is 34.2 Å². The van der Waals surface area contributed by atoms with Gasteiger partial charge in [0.1, 0.15) is 0 Å². The van der Waals surface area contributed by atoms with E-state index in [0.29, 0.717) is 23.9 Å². The molecule has 3 fully saturated rings. The molecular formula is C31H38N2O. The highest BCUT2D eigenvalue weighted by Gasteiger charge is 2.66. The van der Waals surface area contributed by atoms with Crippen molar-refractivity contribution in [1.82, 2.24) is 10.3 Å². The normalized spacial score (nSPS) is 40.5. The SMILES string of the molecule is CC(C)N[C@H]1CCC2=CC3=CC[C@]4(C)[C@@H](c5ccc6ccncc6c5)CC[C@H]4[C@@]34CCC2(C1)O4. The van der Waals surface area contributed by atoms with Gasteiger partial charge in [-0.15, -0.1) is 0 Å². The fraction of sp³-hybridized carbons (Fsp3) is 0.581. The number of nitrogens with one attached hydrogen (secondary N) is 1. The van der Waals surface area contributed by atoms with Crippen molar-refractivity contribution in [2.45, 2.75) is 101 Å². The molecule has 2 bridgehead atoms. The van der Waals surface area contributed by atoms with E-state index in [1.165, 1.54) is 66.9 Å². The van der Waals surface area contributed by atoms with E-state index >= 15 is 0 Å². The van der Waals surface area contributed by atoms with E-state index in [4.69, 9.17) is 4.74 Å². The highest BCUT2D eigenvalue weighted by Crippen LogP contribution is 2.69. The molecule has 3 heteroatoms. The lowest BCUT2D eigenvalue weighted by atomic mass is 9.58. The van der Waals surface area contributed by atoms with Gasteiger partial charge in [-0.1, -0.05) is 45.1 Å². The quantitative estimate of drug-likeness (QED) is 0.551. The Hall–Kier alpha value is -1.97. The Morgan fingerprint density at radius 3 is 2.88 bits per heavy atom. The van der Waals surface area contributed by atoms with E-state index in [-0.39, 0.29) is 16.6 Å². The van der Waals surface area contributed by atoms with Gasteiger partial charge in [0, 0.05) is 29.9 Å². The average Bonchev–Trinajstić information content (AvgIpc) is 3.33. The summed E-state index contributed by atoms with van der Waals surface area (Å²) in [5.74, 6) is 1.19. The number of ether oxygens (including phenoxy) is 1. The molecule has 2 spiro atoms. The van der Waals surface area contributed by atoms with Crippen molar-refractivity contribution in [3.8, 4) is 0 Å². The van der Waals surface area contributed by atoms with Gasteiger partial charge in [-0.3, -0.25) is 4.98 Å². The van der Waals surface area contributed by atoms with Crippen molar-refractivity contribution in [1.29, 1.82) is 0 Å². The van der Waals surface area contributed by atoms with Crippen LogP contribution in [0.3, 0.4) is 0 Å². The van der Waals surface area contributed by atoms with Crippen LogP contribution in [0.5, 0.6) is 0 Å². The van der Waals surface area contributed by atoms with Crippen LogP contribution >= 0.6 is 0 Å². The third kappa shape index (κ3) is 2.86. The summed E-state index contributed by atoms with van der Waals surface area (Å²) in [4.78, 5) is 4.38. The molecule has 2 aromatic rings. The number of aromatic nitrogens is 1. The van der Waals surface area contributed by atoms with Crippen LogP contribution in [0.15, 0.2) is 60.0 Å². The number of allylic oxidation sites excluding steroid dienone is 1. The summed E-state index contributed by atoms with van der Waals surface area (Å²) in [5.41, 5.74) is 4.78. The van der Waals surface area contributed by atoms with E-state index in [9.17, 15) is 0 Å². The highest BCUT2D eigenvalue weighted by molar-refractivity contribution is 5.82. The molecule has 1 unspecified atom stereocenters. The van der Waals surface area contributed by atoms with Crippen LogP contribution in [0.4, 0.5) is 0 Å². The number of rotatable bonds is 3. The van der Waals surface area contributed by atoms with Gasteiger partial charge in [-0.2, -0.15) is 0 Å². The molecule has 7 rings (SSSR count). The first-order valence-corrected chi connectivity index (χ1v) is 13.6. The molecule has 1 aromatic carbocycles. The van der Waals surface area contributed by atoms with Crippen molar-refractivity contribution >= 4 is 10.8 Å². The lowest BCUT2D eigenvalue weighted by Gasteiger charge is -2.54. The fourth-order valence-electron chi connectivity index (χ4n) is 8.89. The van der Waals surface area contributed by atoms with Gasteiger partial charge >= 0.3 is 0 Å². The van der Waals surface area contributed by atoms with Crippen LogP contribution in [0.2, 0.25) is 0 Å². The standard InChI is InChI=1S/C31H38N2O/c1-20(2)33-26-7-6-24-17-25-10-12-29(3)27(22-5-4-21-11-15-32-19-23(21)16-22)8-9-28(29)31(25)14-13-30(24,18-26)34-31/h4-5,10-11,15-17,19-20,26-28,33H,6-9,12-14,18H2,1-3H3/t26-,27+,28+,29+,30?,31+/m0/s1.